The van der Waals surface area contributed by atoms with Gasteiger partial charge in [-0.3, -0.25) is 0 Å². The molecule has 0 heterocycles. The molecule has 1 aromatic carbocycles. The van der Waals surface area contributed by atoms with Gasteiger partial charge in [-0.05, 0) is 30.9 Å². The summed E-state index contributed by atoms with van der Waals surface area (Å²) in [6.45, 7) is 0.394. The lowest BCUT2D eigenvalue weighted by Gasteiger charge is -2.34. The van der Waals surface area contributed by atoms with E-state index in [1.165, 1.54) is 36.7 Å². The molecule has 0 radical (unpaired) electrons. The molecule has 1 fully saturated rings. The van der Waals surface area contributed by atoms with Gasteiger partial charge in [-0.2, -0.15) is 0 Å². The molecule has 20 heavy (non-hydrogen) atoms. The molecule has 0 aromatic heterocycles. The molecule has 7 heteroatoms. The largest absolute Gasteiger partial charge is 0.495 e. The van der Waals surface area contributed by atoms with E-state index < -0.39 is 10.0 Å². The maximum atomic E-state index is 12.5. The minimum absolute atomic E-state index is 0.103. The van der Waals surface area contributed by atoms with Crippen LogP contribution in [0.5, 0.6) is 5.75 Å². The number of hydrogen-bond donors (Lipinski definition) is 1. The van der Waals surface area contributed by atoms with Crippen LogP contribution >= 0.6 is 11.6 Å². The number of ether oxygens (including phenoxy) is 1. The van der Waals surface area contributed by atoms with Crippen LogP contribution in [0.3, 0.4) is 0 Å². The van der Waals surface area contributed by atoms with Gasteiger partial charge in [0.05, 0.1) is 13.2 Å². The van der Waals surface area contributed by atoms with E-state index in [9.17, 15) is 13.5 Å². The number of nitrogens with zero attached hydrogens (tertiary/aromatic N) is 1. The summed E-state index contributed by atoms with van der Waals surface area (Å²) in [5, 5.41) is 9.68. The first kappa shape index (κ1) is 15.6. The molecule has 0 bridgehead atoms. The first-order valence-corrected chi connectivity index (χ1v) is 8.14. The van der Waals surface area contributed by atoms with E-state index in [4.69, 9.17) is 16.3 Å². The van der Waals surface area contributed by atoms with Gasteiger partial charge >= 0.3 is 0 Å². The van der Waals surface area contributed by atoms with Gasteiger partial charge in [-0.1, -0.05) is 11.6 Å². The SMILES string of the molecule is COc1cc(Cl)ccc1S(=O)(=O)N(C)CC1CC(O)C1. The second-order valence-corrected chi connectivity index (χ2v) is 7.52. The van der Waals surface area contributed by atoms with Gasteiger partial charge in [-0.25, -0.2) is 12.7 Å². The topological polar surface area (TPSA) is 66.8 Å². The van der Waals surface area contributed by atoms with Crippen molar-refractivity contribution >= 4 is 21.6 Å². The zero-order valence-electron chi connectivity index (χ0n) is 11.4. The fourth-order valence-electron chi connectivity index (χ4n) is 2.33. The van der Waals surface area contributed by atoms with Gasteiger partial charge in [0.1, 0.15) is 10.6 Å². The van der Waals surface area contributed by atoms with Crippen LogP contribution in [-0.2, 0) is 10.0 Å². The fourth-order valence-corrected chi connectivity index (χ4v) is 3.88. The Kier molecular flexibility index (Phi) is 4.59. The monoisotopic (exact) mass is 319 g/mol. The third-order valence-electron chi connectivity index (χ3n) is 3.54. The van der Waals surface area contributed by atoms with Gasteiger partial charge in [0.2, 0.25) is 10.0 Å². The lowest BCUT2D eigenvalue weighted by atomic mass is 9.82. The molecule has 0 amide bonds. The van der Waals surface area contributed by atoms with E-state index >= 15 is 0 Å². The third kappa shape index (κ3) is 3.09. The molecule has 1 aliphatic rings. The molecule has 0 atom stereocenters. The summed E-state index contributed by atoms with van der Waals surface area (Å²) in [6, 6.07) is 4.45. The molecule has 0 unspecified atom stereocenters. The Bertz CT molecular complexity index is 584. The minimum atomic E-state index is -3.62. The van der Waals surface area contributed by atoms with Crippen molar-refractivity contribution in [2.24, 2.45) is 5.92 Å². The molecule has 1 N–H and O–H groups in total. The maximum absolute atomic E-state index is 12.5. The number of hydrogen-bond acceptors (Lipinski definition) is 4. The Morgan fingerprint density at radius 2 is 2.10 bits per heavy atom. The number of rotatable bonds is 5. The predicted octanol–water partition coefficient (Wildman–Crippen LogP) is 1.74. The van der Waals surface area contributed by atoms with Crippen molar-refractivity contribution in [1.29, 1.82) is 0 Å². The standard InChI is InChI=1S/C13H18ClNO4S/c1-15(8-9-5-11(16)6-9)20(17,18)13-4-3-10(14)7-12(13)19-2/h3-4,7,9,11,16H,5-6,8H2,1-2H3. The van der Waals surface area contributed by atoms with Crippen molar-refractivity contribution in [2.45, 2.75) is 23.8 Å². The minimum Gasteiger partial charge on any atom is -0.495 e. The van der Waals surface area contributed by atoms with Crippen LogP contribution in [0.2, 0.25) is 5.02 Å². The molecule has 1 aromatic rings. The van der Waals surface area contributed by atoms with Gasteiger partial charge in [-0.15, -0.1) is 0 Å². The van der Waals surface area contributed by atoms with Crippen molar-refractivity contribution < 1.29 is 18.3 Å². The van der Waals surface area contributed by atoms with Crippen LogP contribution in [-0.4, -0.2) is 44.6 Å². The summed E-state index contributed by atoms with van der Waals surface area (Å²) < 4.78 is 31.4. The van der Waals surface area contributed by atoms with Crippen LogP contribution in [0.15, 0.2) is 23.1 Å². The Labute approximate surface area is 124 Å². The van der Waals surface area contributed by atoms with Crippen LogP contribution < -0.4 is 4.74 Å². The molecule has 5 nitrogen and oxygen atoms in total. The number of aliphatic hydroxyl groups is 1. The van der Waals surface area contributed by atoms with Crippen molar-refractivity contribution in [3.8, 4) is 5.75 Å². The van der Waals surface area contributed by atoms with Crippen molar-refractivity contribution in [3.63, 3.8) is 0 Å². The summed E-state index contributed by atoms with van der Waals surface area (Å²) >= 11 is 5.84. The molecule has 1 saturated carbocycles. The van der Waals surface area contributed by atoms with Crippen molar-refractivity contribution in [2.75, 3.05) is 20.7 Å². The number of methoxy groups -OCH3 is 1. The highest BCUT2D eigenvalue weighted by molar-refractivity contribution is 7.89. The zero-order valence-corrected chi connectivity index (χ0v) is 13.0. The summed E-state index contributed by atoms with van der Waals surface area (Å²) in [5.41, 5.74) is 0. The van der Waals surface area contributed by atoms with Crippen LogP contribution in [0.25, 0.3) is 0 Å². The van der Waals surface area contributed by atoms with E-state index in [2.05, 4.69) is 0 Å². The molecule has 2 rings (SSSR count). The van der Waals surface area contributed by atoms with Gasteiger partial charge in [0.25, 0.3) is 0 Å². The van der Waals surface area contributed by atoms with Crippen LogP contribution in [0, 0.1) is 5.92 Å². The smallest absolute Gasteiger partial charge is 0.246 e. The second-order valence-electron chi connectivity index (χ2n) is 5.07. The first-order chi connectivity index (χ1) is 9.34. The van der Waals surface area contributed by atoms with E-state index in [1.54, 1.807) is 0 Å². The van der Waals surface area contributed by atoms with Crippen LogP contribution in [0.4, 0.5) is 0 Å². The maximum Gasteiger partial charge on any atom is 0.246 e. The molecular formula is C13H18ClNO4S. The zero-order chi connectivity index (χ0) is 14.9. The lowest BCUT2D eigenvalue weighted by Crippen LogP contribution is -2.39. The predicted molar refractivity (Wildman–Crippen MR) is 76.6 cm³/mol. The van der Waals surface area contributed by atoms with Crippen LogP contribution in [0.1, 0.15) is 12.8 Å². The van der Waals surface area contributed by atoms with Crippen molar-refractivity contribution in [3.05, 3.63) is 23.2 Å². The summed E-state index contributed by atoms with van der Waals surface area (Å²) in [6.07, 6.45) is 1.01. The van der Waals surface area contributed by atoms with E-state index in [0.717, 1.165) is 0 Å². The molecular weight excluding hydrogens is 302 g/mol. The number of sulfonamides is 1. The Morgan fingerprint density at radius 3 is 2.65 bits per heavy atom. The van der Waals surface area contributed by atoms with Gasteiger partial charge in [0, 0.05) is 24.7 Å². The third-order valence-corrected chi connectivity index (χ3v) is 5.64. The average Bonchev–Trinajstić information content (AvgIpc) is 2.36. The Morgan fingerprint density at radius 1 is 1.45 bits per heavy atom. The fraction of sp³-hybridized carbons (Fsp3) is 0.538. The normalized spacial score (nSPS) is 22.6. The van der Waals surface area contributed by atoms with E-state index in [-0.39, 0.29) is 22.7 Å². The Balaban J connectivity index is 2.21. The highest BCUT2D eigenvalue weighted by Crippen LogP contribution is 2.32. The summed E-state index contributed by atoms with van der Waals surface area (Å²) in [7, 11) is -0.674. The first-order valence-electron chi connectivity index (χ1n) is 6.32. The molecule has 0 spiro atoms. The van der Waals surface area contributed by atoms with E-state index in [1.807, 2.05) is 0 Å². The molecule has 0 aliphatic heterocycles. The summed E-state index contributed by atoms with van der Waals surface area (Å²) in [4.78, 5) is 0.103. The van der Waals surface area contributed by atoms with Crippen molar-refractivity contribution in [1.82, 2.24) is 4.31 Å². The molecule has 1 aliphatic carbocycles. The average molecular weight is 320 g/mol. The molecule has 112 valence electrons. The van der Waals surface area contributed by atoms with Gasteiger partial charge in [0.15, 0.2) is 0 Å². The Hall–Kier alpha value is -0.820. The number of halogens is 1. The quantitative estimate of drug-likeness (QED) is 0.897. The number of aliphatic hydroxyl groups excluding tert-OH is 1. The van der Waals surface area contributed by atoms with Gasteiger partial charge < -0.3 is 9.84 Å². The summed E-state index contributed by atoms with van der Waals surface area (Å²) in [5.74, 6) is 0.445. The van der Waals surface area contributed by atoms with E-state index in [0.29, 0.717) is 24.4 Å². The molecule has 0 saturated heterocycles. The number of benzene rings is 1. The lowest BCUT2D eigenvalue weighted by molar-refractivity contribution is 0.0367. The highest BCUT2D eigenvalue weighted by atomic mass is 35.5. The second kappa shape index (κ2) is 5.89. The highest BCUT2D eigenvalue weighted by Gasteiger charge is 2.32.